The van der Waals surface area contributed by atoms with Gasteiger partial charge >= 0.3 is 0 Å². The van der Waals surface area contributed by atoms with E-state index in [9.17, 15) is 4.79 Å². The second kappa shape index (κ2) is 2.06. The summed E-state index contributed by atoms with van der Waals surface area (Å²) in [5, 5.41) is 2.79. The highest BCUT2D eigenvalue weighted by Gasteiger charge is 2.37. The van der Waals surface area contributed by atoms with E-state index in [4.69, 9.17) is 0 Å². The zero-order valence-electron chi connectivity index (χ0n) is 7.09. The van der Waals surface area contributed by atoms with Crippen molar-refractivity contribution in [2.75, 3.05) is 5.32 Å². The lowest BCUT2D eigenvalue weighted by molar-refractivity contribution is -0.119. The normalized spacial score (nSPS) is 18.7. The topological polar surface area (TPSA) is 42.0 Å². The van der Waals surface area contributed by atoms with Gasteiger partial charge in [-0.1, -0.05) is 0 Å². The lowest BCUT2D eigenvalue weighted by Gasteiger charge is -2.13. The maximum absolute atomic E-state index is 11.4. The van der Waals surface area contributed by atoms with Gasteiger partial charge in [-0.25, -0.2) is 0 Å². The summed E-state index contributed by atoms with van der Waals surface area (Å²) in [6.45, 7) is 3.82. The zero-order chi connectivity index (χ0) is 8.77. The summed E-state index contributed by atoms with van der Waals surface area (Å²) in [5.41, 5.74) is 1.47. The van der Waals surface area contributed by atoms with Gasteiger partial charge in [0.2, 0.25) is 5.91 Å². The van der Waals surface area contributed by atoms with Gasteiger partial charge in [-0.2, -0.15) is 0 Å². The summed E-state index contributed by atoms with van der Waals surface area (Å²) < 4.78 is 0. The van der Waals surface area contributed by atoms with Crippen LogP contribution in [-0.2, 0) is 10.2 Å². The number of hydrogen-bond acceptors (Lipinski definition) is 2. The number of pyridine rings is 1. The quantitative estimate of drug-likeness (QED) is 0.625. The fourth-order valence-corrected chi connectivity index (χ4v) is 1.44. The largest absolute Gasteiger partial charge is 0.324 e. The van der Waals surface area contributed by atoms with Crippen molar-refractivity contribution in [1.82, 2.24) is 4.98 Å². The van der Waals surface area contributed by atoms with Crippen molar-refractivity contribution in [3.63, 3.8) is 0 Å². The van der Waals surface area contributed by atoms with Crippen molar-refractivity contribution in [1.29, 1.82) is 0 Å². The minimum Gasteiger partial charge on any atom is -0.324 e. The monoisotopic (exact) mass is 162 g/mol. The van der Waals surface area contributed by atoms with E-state index in [2.05, 4.69) is 10.3 Å². The summed E-state index contributed by atoms with van der Waals surface area (Å²) in [7, 11) is 0. The molecule has 3 heteroatoms. The van der Waals surface area contributed by atoms with Crippen LogP contribution in [0.1, 0.15) is 19.4 Å². The number of nitrogens with one attached hydrogen (secondary N) is 1. The second-order valence-electron chi connectivity index (χ2n) is 3.50. The highest BCUT2D eigenvalue weighted by molar-refractivity contribution is 6.05. The van der Waals surface area contributed by atoms with Gasteiger partial charge in [0.1, 0.15) is 0 Å². The Hall–Kier alpha value is -1.38. The SMILES string of the molecule is CC1(C)C(=O)Nc2cnccc21. The van der Waals surface area contributed by atoms with Gasteiger partial charge in [0, 0.05) is 6.20 Å². The smallest absolute Gasteiger partial charge is 0.234 e. The Kier molecular flexibility index (Phi) is 1.25. The average molecular weight is 162 g/mol. The van der Waals surface area contributed by atoms with Crippen LogP contribution in [0.3, 0.4) is 0 Å². The van der Waals surface area contributed by atoms with Crippen LogP contribution in [0.5, 0.6) is 0 Å². The number of carbonyl (C=O) groups is 1. The summed E-state index contributed by atoms with van der Waals surface area (Å²) in [6, 6.07) is 1.88. The Balaban J connectivity index is 2.63. The Morgan fingerprint density at radius 1 is 1.50 bits per heavy atom. The van der Waals surface area contributed by atoms with E-state index in [1.165, 1.54) is 0 Å². The molecule has 0 aliphatic carbocycles. The lowest BCUT2D eigenvalue weighted by Crippen LogP contribution is -2.26. The number of carbonyl (C=O) groups excluding carboxylic acids is 1. The Labute approximate surface area is 70.8 Å². The first-order valence-corrected chi connectivity index (χ1v) is 3.88. The molecule has 0 atom stereocenters. The molecule has 1 aromatic heterocycles. The molecule has 2 heterocycles. The van der Waals surface area contributed by atoms with Crippen LogP contribution in [0.4, 0.5) is 5.69 Å². The highest BCUT2D eigenvalue weighted by Crippen LogP contribution is 2.35. The van der Waals surface area contributed by atoms with E-state index >= 15 is 0 Å². The first-order valence-electron chi connectivity index (χ1n) is 3.88. The number of nitrogens with zero attached hydrogens (tertiary/aromatic N) is 1. The molecule has 1 aliphatic heterocycles. The van der Waals surface area contributed by atoms with Crippen LogP contribution in [-0.4, -0.2) is 10.9 Å². The summed E-state index contributed by atoms with van der Waals surface area (Å²) in [5.74, 6) is 0.0468. The fourth-order valence-electron chi connectivity index (χ4n) is 1.44. The third-order valence-corrected chi connectivity index (χ3v) is 2.31. The van der Waals surface area contributed by atoms with Gasteiger partial charge in [-0.05, 0) is 25.5 Å². The van der Waals surface area contributed by atoms with Crippen LogP contribution in [0.15, 0.2) is 18.5 Å². The van der Waals surface area contributed by atoms with Crippen LogP contribution in [0.25, 0.3) is 0 Å². The molecule has 1 aliphatic rings. The molecule has 0 aromatic carbocycles. The molecule has 1 N–H and O–H groups in total. The molecule has 0 spiro atoms. The second-order valence-corrected chi connectivity index (χ2v) is 3.50. The standard InChI is InChI=1S/C9H10N2O/c1-9(2)6-3-4-10-5-7(6)11-8(9)12/h3-5H,1-2H3,(H,11,12). The molecular weight excluding hydrogens is 152 g/mol. The molecule has 0 saturated carbocycles. The molecule has 0 saturated heterocycles. The molecular formula is C9H10N2O. The molecule has 0 radical (unpaired) electrons. The molecule has 0 unspecified atom stereocenters. The first-order chi connectivity index (χ1) is 5.62. The van der Waals surface area contributed by atoms with Gasteiger partial charge in [0.15, 0.2) is 0 Å². The van der Waals surface area contributed by atoms with Gasteiger partial charge < -0.3 is 5.32 Å². The molecule has 62 valence electrons. The van der Waals surface area contributed by atoms with Gasteiger partial charge in [-0.15, -0.1) is 0 Å². The van der Waals surface area contributed by atoms with E-state index in [-0.39, 0.29) is 5.91 Å². The number of anilines is 1. The van der Waals surface area contributed by atoms with Gasteiger partial charge in [0.25, 0.3) is 0 Å². The summed E-state index contributed by atoms with van der Waals surface area (Å²) in [6.07, 6.45) is 3.39. The average Bonchev–Trinajstić information content (AvgIpc) is 2.25. The Morgan fingerprint density at radius 3 is 2.92 bits per heavy atom. The van der Waals surface area contributed by atoms with Crippen LogP contribution in [0, 0.1) is 0 Å². The van der Waals surface area contributed by atoms with Crippen molar-refractivity contribution < 1.29 is 4.79 Å². The Morgan fingerprint density at radius 2 is 2.25 bits per heavy atom. The lowest BCUT2D eigenvalue weighted by atomic mass is 9.87. The zero-order valence-corrected chi connectivity index (χ0v) is 7.09. The first kappa shape index (κ1) is 7.28. The van der Waals surface area contributed by atoms with Crippen LogP contribution in [0.2, 0.25) is 0 Å². The highest BCUT2D eigenvalue weighted by atomic mass is 16.2. The molecule has 2 rings (SSSR count). The molecule has 3 nitrogen and oxygen atoms in total. The number of fused-ring (bicyclic) bond motifs is 1. The van der Waals surface area contributed by atoms with Crippen molar-refractivity contribution in [3.8, 4) is 0 Å². The molecule has 1 amide bonds. The molecule has 0 fully saturated rings. The van der Waals surface area contributed by atoms with Crippen molar-refractivity contribution >= 4 is 11.6 Å². The number of aromatic nitrogens is 1. The fraction of sp³-hybridized carbons (Fsp3) is 0.333. The summed E-state index contributed by atoms with van der Waals surface area (Å²) >= 11 is 0. The molecule has 1 aromatic rings. The minimum absolute atomic E-state index is 0.0468. The number of rotatable bonds is 0. The Bertz CT molecular complexity index is 344. The van der Waals surface area contributed by atoms with Crippen molar-refractivity contribution in [3.05, 3.63) is 24.0 Å². The van der Waals surface area contributed by atoms with Crippen LogP contribution < -0.4 is 5.32 Å². The van der Waals surface area contributed by atoms with E-state index < -0.39 is 5.41 Å². The number of amides is 1. The maximum Gasteiger partial charge on any atom is 0.234 e. The third-order valence-electron chi connectivity index (χ3n) is 2.31. The van der Waals surface area contributed by atoms with Crippen molar-refractivity contribution in [2.24, 2.45) is 0 Å². The minimum atomic E-state index is -0.404. The van der Waals surface area contributed by atoms with E-state index in [1.54, 1.807) is 12.4 Å². The molecule has 0 bridgehead atoms. The van der Waals surface area contributed by atoms with Crippen LogP contribution >= 0.6 is 0 Å². The summed E-state index contributed by atoms with van der Waals surface area (Å²) in [4.78, 5) is 15.4. The predicted molar refractivity (Wildman–Crippen MR) is 45.9 cm³/mol. The number of hydrogen-bond donors (Lipinski definition) is 1. The van der Waals surface area contributed by atoms with E-state index in [0.29, 0.717) is 0 Å². The molecule has 12 heavy (non-hydrogen) atoms. The predicted octanol–water partition coefficient (Wildman–Crippen LogP) is 1.31. The third kappa shape index (κ3) is 0.763. The van der Waals surface area contributed by atoms with E-state index in [1.807, 2.05) is 19.9 Å². The van der Waals surface area contributed by atoms with Gasteiger partial charge in [-0.3, -0.25) is 9.78 Å². The maximum atomic E-state index is 11.4. The van der Waals surface area contributed by atoms with Crippen molar-refractivity contribution in [2.45, 2.75) is 19.3 Å². The van der Waals surface area contributed by atoms with E-state index in [0.717, 1.165) is 11.3 Å². The van der Waals surface area contributed by atoms with Gasteiger partial charge in [0.05, 0.1) is 17.3 Å².